The normalized spacial score (nSPS) is 11.3. The van der Waals surface area contributed by atoms with E-state index in [0.29, 0.717) is 13.2 Å². The minimum absolute atomic E-state index is 0.294. The molecule has 0 radical (unpaired) electrons. The zero-order chi connectivity index (χ0) is 18.7. The minimum Gasteiger partial charge on any atom is -0.445 e. The van der Waals surface area contributed by atoms with Crippen LogP contribution in [0.2, 0.25) is 0 Å². The maximum absolute atomic E-state index is 11.5. The van der Waals surface area contributed by atoms with Crippen molar-refractivity contribution in [1.82, 2.24) is 5.32 Å². The van der Waals surface area contributed by atoms with Crippen LogP contribution in [-0.2, 0) is 11.3 Å². The number of hydrogen-bond acceptors (Lipinski definition) is 2. The summed E-state index contributed by atoms with van der Waals surface area (Å²) in [6.07, 6.45) is 19.6. The fraction of sp³-hybridized carbons (Fsp3) is 0.522. The van der Waals surface area contributed by atoms with E-state index in [4.69, 9.17) is 4.74 Å². The molecule has 1 amide bonds. The van der Waals surface area contributed by atoms with E-state index in [1.165, 1.54) is 51.4 Å². The third kappa shape index (κ3) is 13.3. The van der Waals surface area contributed by atoms with Crippen LogP contribution in [0.4, 0.5) is 4.79 Å². The molecule has 0 heterocycles. The predicted octanol–water partition coefficient (Wildman–Crippen LogP) is 6.56. The first-order valence-corrected chi connectivity index (χ1v) is 10.1. The summed E-state index contributed by atoms with van der Waals surface area (Å²) in [5, 5.41) is 2.73. The third-order valence-electron chi connectivity index (χ3n) is 4.20. The lowest BCUT2D eigenvalue weighted by molar-refractivity contribution is 0.157. The summed E-state index contributed by atoms with van der Waals surface area (Å²) in [7, 11) is 0. The van der Waals surface area contributed by atoms with Gasteiger partial charge in [-0.2, -0.15) is 0 Å². The predicted molar refractivity (Wildman–Crippen MR) is 110 cm³/mol. The molecule has 1 aromatic carbocycles. The molecule has 0 atom stereocenters. The molecule has 144 valence electrons. The zero-order valence-electron chi connectivity index (χ0n) is 16.3. The average Bonchev–Trinajstić information content (AvgIpc) is 2.67. The molecular formula is C23H35NO2. The number of benzene rings is 1. The molecule has 1 aromatic rings. The number of carbonyl (C=O) groups is 1. The lowest BCUT2D eigenvalue weighted by Crippen LogP contribution is -2.23. The van der Waals surface area contributed by atoms with Gasteiger partial charge in [0.15, 0.2) is 0 Å². The molecule has 0 fully saturated rings. The summed E-state index contributed by atoms with van der Waals surface area (Å²) < 4.78 is 5.09. The Hall–Kier alpha value is -2.03. The summed E-state index contributed by atoms with van der Waals surface area (Å²) in [4.78, 5) is 11.5. The highest BCUT2D eigenvalue weighted by Gasteiger charge is 1.99. The van der Waals surface area contributed by atoms with Crippen molar-refractivity contribution in [2.75, 3.05) is 6.61 Å². The number of nitrogens with one attached hydrogen (secondary N) is 1. The summed E-state index contributed by atoms with van der Waals surface area (Å²) in [5.41, 5.74) is 1.06. The average molecular weight is 358 g/mol. The van der Waals surface area contributed by atoms with Crippen LogP contribution in [0, 0.1) is 0 Å². The SMILES string of the molecule is CCCCCCCCCC/C=C/C=C/COC(=O)NCc1ccccc1. The van der Waals surface area contributed by atoms with Gasteiger partial charge in [-0.05, 0) is 24.5 Å². The Labute approximate surface area is 159 Å². The molecular weight excluding hydrogens is 322 g/mol. The smallest absolute Gasteiger partial charge is 0.407 e. The third-order valence-corrected chi connectivity index (χ3v) is 4.20. The quantitative estimate of drug-likeness (QED) is 0.302. The summed E-state index contributed by atoms with van der Waals surface area (Å²) in [6.45, 7) is 3.04. The number of carbonyl (C=O) groups excluding carboxylic acids is 1. The van der Waals surface area contributed by atoms with E-state index in [-0.39, 0.29) is 6.09 Å². The van der Waals surface area contributed by atoms with E-state index < -0.39 is 0 Å². The van der Waals surface area contributed by atoms with Crippen molar-refractivity contribution in [1.29, 1.82) is 0 Å². The Kier molecular flexibility index (Phi) is 13.9. The van der Waals surface area contributed by atoms with E-state index in [0.717, 1.165) is 12.0 Å². The van der Waals surface area contributed by atoms with Crippen molar-refractivity contribution in [3.63, 3.8) is 0 Å². The van der Waals surface area contributed by atoms with Crippen LogP contribution < -0.4 is 5.32 Å². The van der Waals surface area contributed by atoms with Gasteiger partial charge in [-0.1, -0.05) is 100 Å². The zero-order valence-corrected chi connectivity index (χ0v) is 16.3. The van der Waals surface area contributed by atoms with Crippen molar-refractivity contribution in [2.45, 2.75) is 71.3 Å². The second kappa shape index (κ2) is 16.4. The number of unbranched alkanes of at least 4 members (excludes halogenated alkanes) is 8. The summed E-state index contributed by atoms with van der Waals surface area (Å²) >= 11 is 0. The molecule has 0 aliphatic heterocycles. The Morgan fingerprint density at radius 3 is 2.31 bits per heavy atom. The highest BCUT2D eigenvalue weighted by atomic mass is 16.5. The molecule has 0 aliphatic carbocycles. The van der Waals surface area contributed by atoms with E-state index in [2.05, 4.69) is 18.3 Å². The standard InChI is InChI=1S/C23H35NO2/c1-2-3-4-5-6-7-8-9-10-11-12-13-17-20-26-23(25)24-21-22-18-15-14-16-19-22/h11-19H,2-10,20-21H2,1H3,(H,24,25)/b12-11+,17-13+. The molecule has 0 saturated heterocycles. The van der Waals surface area contributed by atoms with Crippen molar-refractivity contribution >= 4 is 6.09 Å². The number of rotatable bonds is 14. The van der Waals surface area contributed by atoms with Crippen molar-refractivity contribution in [2.24, 2.45) is 0 Å². The number of alkyl carbamates (subject to hydrolysis) is 1. The van der Waals surface area contributed by atoms with Crippen LogP contribution in [0.3, 0.4) is 0 Å². The molecule has 3 heteroatoms. The highest BCUT2D eigenvalue weighted by Crippen LogP contribution is 2.09. The van der Waals surface area contributed by atoms with Crippen molar-refractivity contribution < 1.29 is 9.53 Å². The van der Waals surface area contributed by atoms with E-state index in [9.17, 15) is 4.79 Å². The maximum Gasteiger partial charge on any atom is 0.407 e. The van der Waals surface area contributed by atoms with Gasteiger partial charge >= 0.3 is 6.09 Å². The maximum atomic E-state index is 11.5. The lowest BCUT2D eigenvalue weighted by atomic mass is 10.1. The lowest BCUT2D eigenvalue weighted by Gasteiger charge is -2.04. The molecule has 0 saturated carbocycles. The topological polar surface area (TPSA) is 38.3 Å². The fourth-order valence-corrected chi connectivity index (χ4v) is 2.65. The second-order valence-electron chi connectivity index (χ2n) is 6.56. The van der Waals surface area contributed by atoms with Crippen LogP contribution in [0.5, 0.6) is 0 Å². The number of hydrogen-bond donors (Lipinski definition) is 1. The van der Waals surface area contributed by atoms with Crippen LogP contribution >= 0.6 is 0 Å². The van der Waals surface area contributed by atoms with Gasteiger partial charge in [0.2, 0.25) is 0 Å². The molecule has 0 aliphatic rings. The highest BCUT2D eigenvalue weighted by molar-refractivity contribution is 5.67. The van der Waals surface area contributed by atoms with Gasteiger partial charge in [-0.15, -0.1) is 0 Å². The van der Waals surface area contributed by atoms with Crippen LogP contribution in [0.1, 0.15) is 70.3 Å². The molecule has 0 unspecified atom stereocenters. The molecule has 1 rings (SSSR count). The van der Waals surface area contributed by atoms with Crippen LogP contribution in [-0.4, -0.2) is 12.7 Å². The van der Waals surface area contributed by atoms with Crippen molar-refractivity contribution in [3.05, 3.63) is 60.2 Å². The monoisotopic (exact) mass is 357 g/mol. The Balaban J connectivity index is 1.91. The number of ether oxygens (including phenoxy) is 1. The first-order chi connectivity index (χ1) is 12.8. The Morgan fingerprint density at radius 2 is 1.58 bits per heavy atom. The molecule has 26 heavy (non-hydrogen) atoms. The summed E-state index contributed by atoms with van der Waals surface area (Å²) in [6, 6.07) is 9.79. The van der Waals surface area contributed by atoms with Crippen LogP contribution in [0.25, 0.3) is 0 Å². The second-order valence-corrected chi connectivity index (χ2v) is 6.56. The van der Waals surface area contributed by atoms with E-state index >= 15 is 0 Å². The number of allylic oxidation sites excluding steroid dienone is 3. The molecule has 0 spiro atoms. The van der Waals surface area contributed by atoms with E-state index in [1.54, 1.807) is 0 Å². The first-order valence-electron chi connectivity index (χ1n) is 10.1. The van der Waals surface area contributed by atoms with Gasteiger partial charge in [-0.25, -0.2) is 4.79 Å². The van der Waals surface area contributed by atoms with Crippen molar-refractivity contribution in [3.8, 4) is 0 Å². The number of amides is 1. The van der Waals surface area contributed by atoms with E-state index in [1.807, 2.05) is 48.6 Å². The van der Waals surface area contributed by atoms with Gasteiger partial charge in [0.1, 0.15) is 6.61 Å². The molecule has 1 N–H and O–H groups in total. The van der Waals surface area contributed by atoms with Gasteiger partial charge in [0.25, 0.3) is 0 Å². The van der Waals surface area contributed by atoms with Gasteiger partial charge in [0, 0.05) is 6.54 Å². The fourth-order valence-electron chi connectivity index (χ4n) is 2.65. The Morgan fingerprint density at radius 1 is 0.923 bits per heavy atom. The molecule has 0 aromatic heterocycles. The molecule has 0 bridgehead atoms. The van der Waals surface area contributed by atoms with Gasteiger partial charge in [0.05, 0.1) is 0 Å². The first kappa shape index (κ1) is 22.0. The van der Waals surface area contributed by atoms with Gasteiger partial charge in [-0.3, -0.25) is 0 Å². The Bertz CT molecular complexity index is 508. The largest absolute Gasteiger partial charge is 0.445 e. The minimum atomic E-state index is -0.388. The van der Waals surface area contributed by atoms with Crippen LogP contribution in [0.15, 0.2) is 54.6 Å². The van der Waals surface area contributed by atoms with Gasteiger partial charge < -0.3 is 10.1 Å². The molecule has 3 nitrogen and oxygen atoms in total. The summed E-state index contributed by atoms with van der Waals surface area (Å²) in [5.74, 6) is 0.